The maximum atomic E-state index is 11.8. The van der Waals surface area contributed by atoms with Crippen LogP contribution in [0.5, 0.6) is 0 Å². The van der Waals surface area contributed by atoms with Crippen molar-refractivity contribution in [1.29, 1.82) is 0 Å². The lowest BCUT2D eigenvalue weighted by Crippen LogP contribution is -2.05. The van der Waals surface area contributed by atoms with Crippen LogP contribution in [0.3, 0.4) is 0 Å². The number of aryl methyl sites for hydroxylation is 1. The topological polar surface area (TPSA) is 31.2 Å². The van der Waals surface area contributed by atoms with Gasteiger partial charge in [-0.2, -0.15) is 0 Å². The van der Waals surface area contributed by atoms with Crippen molar-refractivity contribution in [3.8, 4) is 0 Å². The van der Waals surface area contributed by atoms with Gasteiger partial charge in [0, 0.05) is 30.1 Å². The van der Waals surface area contributed by atoms with Gasteiger partial charge >= 0.3 is 5.97 Å². The maximum Gasteiger partial charge on any atom is 0.337 e. The van der Waals surface area contributed by atoms with Crippen LogP contribution in [0, 0.1) is 0 Å². The molecule has 1 unspecified atom stereocenters. The Morgan fingerprint density at radius 1 is 0.852 bits per heavy atom. The molecular weight excluding hydrogens is 334 g/mol. The second-order valence-electron chi connectivity index (χ2n) is 6.67. The van der Waals surface area contributed by atoms with Crippen molar-refractivity contribution in [1.82, 2.24) is 4.57 Å². The molecule has 0 bridgehead atoms. The van der Waals surface area contributed by atoms with E-state index in [-0.39, 0.29) is 11.9 Å². The predicted molar refractivity (Wildman–Crippen MR) is 108 cm³/mol. The molecule has 0 amide bonds. The SMILES string of the molecule is COC(=O)c1ccc(C(c2ccccc2)c2cn(C)c3ccccc23)cc1. The lowest BCUT2D eigenvalue weighted by atomic mass is 9.85. The number of methoxy groups -OCH3 is 1. The lowest BCUT2D eigenvalue weighted by Gasteiger charge is -2.18. The lowest BCUT2D eigenvalue weighted by molar-refractivity contribution is 0.0600. The first-order valence-electron chi connectivity index (χ1n) is 8.96. The number of fused-ring (bicyclic) bond motifs is 1. The van der Waals surface area contributed by atoms with Crippen molar-refractivity contribution in [2.24, 2.45) is 7.05 Å². The summed E-state index contributed by atoms with van der Waals surface area (Å²) >= 11 is 0. The summed E-state index contributed by atoms with van der Waals surface area (Å²) in [6.45, 7) is 0. The molecule has 4 rings (SSSR count). The maximum absolute atomic E-state index is 11.8. The number of nitrogens with zero attached hydrogens (tertiary/aromatic N) is 1. The molecule has 0 fully saturated rings. The summed E-state index contributed by atoms with van der Waals surface area (Å²) in [7, 11) is 3.48. The number of hydrogen-bond donors (Lipinski definition) is 0. The Morgan fingerprint density at radius 2 is 1.48 bits per heavy atom. The fourth-order valence-corrected chi connectivity index (χ4v) is 3.73. The summed E-state index contributed by atoms with van der Waals surface area (Å²) < 4.78 is 6.99. The number of carbonyl (C=O) groups is 1. The van der Waals surface area contributed by atoms with Gasteiger partial charge in [0.25, 0.3) is 0 Å². The van der Waals surface area contributed by atoms with Gasteiger partial charge < -0.3 is 9.30 Å². The van der Waals surface area contributed by atoms with E-state index in [0.717, 1.165) is 5.56 Å². The van der Waals surface area contributed by atoms with Crippen LogP contribution in [0.15, 0.2) is 85.1 Å². The summed E-state index contributed by atoms with van der Waals surface area (Å²) in [5, 5.41) is 1.24. The minimum atomic E-state index is -0.317. The molecule has 1 heterocycles. The van der Waals surface area contributed by atoms with Gasteiger partial charge in [-0.15, -0.1) is 0 Å². The summed E-state index contributed by atoms with van der Waals surface area (Å²) in [5.74, 6) is -0.230. The molecule has 1 aromatic heterocycles. The Balaban J connectivity index is 1.89. The van der Waals surface area contributed by atoms with Gasteiger partial charge in [0.15, 0.2) is 0 Å². The summed E-state index contributed by atoms with van der Waals surface area (Å²) in [6, 6.07) is 26.6. The molecule has 134 valence electrons. The number of rotatable bonds is 4. The van der Waals surface area contributed by atoms with Gasteiger partial charge in [-0.05, 0) is 34.9 Å². The van der Waals surface area contributed by atoms with Gasteiger partial charge in [0.2, 0.25) is 0 Å². The van der Waals surface area contributed by atoms with E-state index >= 15 is 0 Å². The minimum Gasteiger partial charge on any atom is -0.465 e. The first kappa shape index (κ1) is 17.1. The Kier molecular flexibility index (Phi) is 4.51. The second kappa shape index (κ2) is 7.12. The average Bonchev–Trinajstić information content (AvgIpc) is 3.06. The molecule has 0 aliphatic carbocycles. The molecule has 0 radical (unpaired) electrons. The highest BCUT2D eigenvalue weighted by Crippen LogP contribution is 2.37. The molecule has 27 heavy (non-hydrogen) atoms. The van der Waals surface area contributed by atoms with Gasteiger partial charge in [-0.25, -0.2) is 4.79 Å². The Hall–Kier alpha value is -3.33. The largest absolute Gasteiger partial charge is 0.465 e. The average molecular weight is 355 g/mol. The number of benzene rings is 3. The first-order valence-corrected chi connectivity index (χ1v) is 8.96. The number of esters is 1. The van der Waals surface area contributed by atoms with Crippen molar-refractivity contribution >= 4 is 16.9 Å². The first-order chi connectivity index (χ1) is 13.2. The molecule has 0 N–H and O–H groups in total. The minimum absolute atomic E-state index is 0.0870. The van der Waals surface area contributed by atoms with Crippen LogP contribution in [-0.2, 0) is 11.8 Å². The van der Waals surface area contributed by atoms with Crippen molar-refractivity contribution in [2.45, 2.75) is 5.92 Å². The number of aromatic nitrogens is 1. The summed E-state index contributed by atoms with van der Waals surface area (Å²) in [5.41, 5.74) is 5.39. The molecule has 0 spiro atoms. The van der Waals surface area contributed by atoms with Crippen molar-refractivity contribution in [3.63, 3.8) is 0 Å². The van der Waals surface area contributed by atoms with Gasteiger partial charge in [0.05, 0.1) is 12.7 Å². The molecule has 0 aliphatic heterocycles. The summed E-state index contributed by atoms with van der Waals surface area (Å²) in [6.07, 6.45) is 2.20. The van der Waals surface area contributed by atoms with E-state index in [1.807, 2.05) is 30.3 Å². The number of para-hydroxylation sites is 1. The van der Waals surface area contributed by atoms with Crippen LogP contribution in [0.1, 0.15) is 33.0 Å². The molecule has 3 aromatic carbocycles. The fraction of sp³-hybridized carbons (Fsp3) is 0.125. The zero-order valence-corrected chi connectivity index (χ0v) is 15.4. The van der Waals surface area contributed by atoms with Crippen LogP contribution in [-0.4, -0.2) is 17.6 Å². The van der Waals surface area contributed by atoms with E-state index in [1.54, 1.807) is 0 Å². The van der Waals surface area contributed by atoms with E-state index in [4.69, 9.17) is 4.74 Å². The van der Waals surface area contributed by atoms with E-state index in [1.165, 1.54) is 29.1 Å². The Bertz CT molecular complexity index is 1080. The van der Waals surface area contributed by atoms with E-state index in [9.17, 15) is 4.79 Å². The van der Waals surface area contributed by atoms with Crippen LogP contribution < -0.4 is 0 Å². The van der Waals surface area contributed by atoms with Crippen molar-refractivity contribution < 1.29 is 9.53 Å². The number of ether oxygens (including phenoxy) is 1. The molecule has 0 aliphatic rings. The van der Waals surface area contributed by atoms with Crippen LogP contribution >= 0.6 is 0 Å². The Morgan fingerprint density at radius 3 is 2.19 bits per heavy atom. The van der Waals surface area contributed by atoms with E-state index < -0.39 is 0 Å². The molecule has 3 heteroatoms. The Labute approximate surface area is 158 Å². The van der Waals surface area contributed by atoms with E-state index in [0.29, 0.717) is 5.56 Å². The highest BCUT2D eigenvalue weighted by atomic mass is 16.5. The fourth-order valence-electron chi connectivity index (χ4n) is 3.73. The standard InChI is InChI=1S/C24H21NO2/c1-25-16-21(20-10-6-7-11-22(20)25)23(17-8-4-3-5-9-17)18-12-14-19(15-13-18)24(26)27-2/h3-16,23H,1-2H3. The van der Waals surface area contributed by atoms with Gasteiger partial charge in [-0.3, -0.25) is 0 Å². The van der Waals surface area contributed by atoms with E-state index in [2.05, 4.69) is 66.3 Å². The smallest absolute Gasteiger partial charge is 0.337 e. The zero-order chi connectivity index (χ0) is 18.8. The highest BCUT2D eigenvalue weighted by molar-refractivity contribution is 5.89. The molecule has 0 saturated carbocycles. The number of carbonyl (C=O) groups excluding carboxylic acids is 1. The molecular formula is C24H21NO2. The summed E-state index contributed by atoms with van der Waals surface area (Å²) in [4.78, 5) is 11.8. The van der Waals surface area contributed by atoms with Crippen molar-refractivity contribution in [2.75, 3.05) is 7.11 Å². The molecule has 1 atom stereocenters. The van der Waals surface area contributed by atoms with Crippen molar-refractivity contribution in [3.05, 3.63) is 107 Å². The second-order valence-corrected chi connectivity index (χ2v) is 6.67. The van der Waals surface area contributed by atoms with Gasteiger partial charge in [-0.1, -0.05) is 60.7 Å². The van der Waals surface area contributed by atoms with Crippen LogP contribution in [0.4, 0.5) is 0 Å². The van der Waals surface area contributed by atoms with Crippen LogP contribution in [0.25, 0.3) is 10.9 Å². The third-order valence-corrected chi connectivity index (χ3v) is 5.04. The zero-order valence-electron chi connectivity index (χ0n) is 15.4. The quantitative estimate of drug-likeness (QED) is 0.474. The molecule has 0 saturated heterocycles. The van der Waals surface area contributed by atoms with Crippen LogP contribution in [0.2, 0.25) is 0 Å². The number of hydrogen-bond acceptors (Lipinski definition) is 2. The molecule has 4 aromatic rings. The normalized spacial score (nSPS) is 12.1. The third kappa shape index (κ3) is 3.13. The van der Waals surface area contributed by atoms with Gasteiger partial charge in [0.1, 0.15) is 0 Å². The molecule has 3 nitrogen and oxygen atoms in total. The monoisotopic (exact) mass is 355 g/mol. The highest BCUT2D eigenvalue weighted by Gasteiger charge is 2.21. The third-order valence-electron chi connectivity index (χ3n) is 5.04. The predicted octanol–water partition coefficient (Wildman–Crippen LogP) is 5.15.